The van der Waals surface area contributed by atoms with Crippen LogP contribution in [0, 0.1) is 0 Å². The predicted molar refractivity (Wildman–Crippen MR) is 143 cm³/mol. The molecular formula is C26H30N6O6S. The molecule has 206 valence electrons. The van der Waals surface area contributed by atoms with Crippen LogP contribution in [0.2, 0.25) is 0 Å². The number of nitrogens with two attached hydrogens (primary N) is 1. The summed E-state index contributed by atoms with van der Waals surface area (Å²) in [6.07, 6.45) is 2.54. The van der Waals surface area contributed by atoms with E-state index in [1.165, 1.54) is 20.4 Å². The first kappa shape index (κ1) is 26.8. The molecular weight excluding hydrogens is 524 g/mol. The van der Waals surface area contributed by atoms with Gasteiger partial charge >= 0.3 is 0 Å². The highest BCUT2D eigenvalue weighted by Crippen LogP contribution is 2.56. The molecule has 3 atom stereocenters. The zero-order valence-electron chi connectivity index (χ0n) is 21.8. The van der Waals surface area contributed by atoms with E-state index in [1.54, 1.807) is 47.3 Å². The molecule has 0 spiro atoms. The molecule has 39 heavy (non-hydrogen) atoms. The molecule has 0 saturated heterocycles. The van der Waals surface area contributed by atoms with Crippen molar-refractivity contribution in [2.75, 3.05) is 20.8 Å². The molecule has 1 aromatic carbocycles. The van der Waals surface area contributed by atoms with Crippen LogP contribution in [0.4, 0.5) is 0 Å². The van der Waals surface area contributed by atoms with Crippen LogP contribution in [0.5, 0.6) is 17.4 Å². The third-order valence-corrected chi connectivity index (χ3v) is 8.87. The average Bonchev–Trinajstić information content (AvgIpc) is 3.36. The van der Waals surface area contributed by atoms with Gasteiger partial charge in [0.15, 0.2) is 11.3 Å². The molecule has 1 fully saturated rings. The van der Waals surface area contributed by atoms with Gasteiger partial charge in [-0.25, -0.2) is 28.5 Å². The van der Waals surface area contributed by atoms with Crippen LogP contribution >= 0.6 is 0 Å². The number of fused-ring (bicyclic) bond motifs is 1. The lowest BCUT2D eigenvalue weighted by Gasteiger charge is -2.44. The summed E-state index contributed by atoms with van der Waals surface area (Å²) >= 11 is 0. The highest BCUT2D eigenvalue weighted by Gasteiger charge is 2.57. The maximum absolute atomic E-state index is 13.6. The summed E-state index contributed by atoms with van der Waals surface area (Å²) < 4.78 is 43.9. The van der Waals surface area contributed by atoms with Crippen molar-refractivity contribution in [2.24, 2.45) is 5.14 Å². The number of primary sulfonamides is 1. The van der Waals surface area contributed by atoms with E-state index >= 15 is 0 Å². The number of hydrogen-bond acceptors (Lipinski definition) is 10. The third kappa shape index (κ3) is 4.56. The number of ether oxygens (including phenoxy) is 3. The molecule has 0 aliphatic heterocycles. The molecule has 0 bridgehead atoms. The van der Waals surface area contributed by atoms with Gasteiger partial charge in [-0.1, -0.05) is 12.1 Å². The molecule has 1 aliphatic carbocycles. The molecule has 1 saturated carbocycles. The number of hydrogen-bond donors (Lipinski definition) is 2. The monoisotopic (exact) mass is 554 g/mol. The van der Waals surface area contributed by atoms with Crippen molar-refractivity contribution in [1.82, 2.24) is 24.5 Å². The van der Waals surface area contributed by atoms with Gasteiger partial charge in [-0.05, 0) is 44.4 Å². The molecule has 3 N–H and O–H groups in total. The number of benzene rings is 1. The van der Waals surface area contributed by atoms with Gasteiger partial charge in [0, 0.05) is 12.0 Å². The van der Waals surface area contributed by atoms with Crippen molar-refractivity contribution in [3.63, 3.8) is 0 Å². The summed E-state index contributed by atoms with van der Waals surface area (Å²) in [5, 5.41) is 16.8. The number of pyridine rings is 1. The molecule has 5 rings (SSSR count). The van der Waals surface area contributed by atoms with Gasteiger partial charge in [-0.3, -0.25) is 4.57 Å². The zero-order valence-corrected chi connectivity index (χ0v) is 22.6. The molecule has 0 amide bonds. The molecule has 3 unspecified atom stereocenters. The van der Waals surface area contributed by atoms with E-state index in [2.05, 4.69) is 15.0 Å². The van der Waals surface area contributed by atoms with Gasteiger partial charge < -0.3 is 19.3 Å². The topological polar surface area (TPSA) is 165 Å². The van der Waals surface area contributed by atoms with E-state index in [1.807, 2.05) is 6.92 Å². The Bertz CT molecular complexity index is 1590. The number of aliphatic hydroxyl groups is 1. The fourth-order valence-electron chi connectivity index (χ4n) is 5.45. The normalized spacial score (nSPS) is 21.6. The average molecular weight is 555 g/mol. The number of nitrogens with zero attached hydrogens (tertiary/aromatic N) is 5. The van der Waals surface area contributed by atoms with E-state index in [-0.39, 0.29) is 24.8 Å². The van der Waals surface area contributed by atoms with Gasteiger partial charge in [-0.2, -0.15) is 4.98 Å². The highest BCUT2D eigenvalue weighted by atomic mass is 32.2. The fraction of sp³-hybridized carbons (Fsp3) is 0.385. The fourth-order valence-corrected chi connectivity index (χ4v) is 6.95. The van der Waals surface area contributed by atoms with Gasteiger partial charge in [-0.15, -0.1) is 0 Å². The third-order valence-electron chi connectivity index (χ3n) is 7.16. The molecule has 0 radical (unpaired) electrons. The minimum atomic E-state index is -4.33. The van der Waals surface area contributed by atoms with Crippen LogP contribution < -0.4 is 19.3 Å². The largest absolute Gasteiger partial charge is 0.496 e. The Labute approximate surface area is 225 Å². The molecule has 4 aromatic rings. The SMILES string of the molecule is CCOc1cccc(-n2cnc3ncc(C4CC(O)CCC4(c4c(OC)cccc4OC)S(N)(=O)=O)nc32)n1. The maximum Gasteiger partial charge on any atom is 0.220 e. The Hall–Kier alpha value is -3.81. The van der Waals surface area contributed by atoms with E-state index in [0.717, 1.165) is 0 Å². The summed E-state index contributed by atoms with van der Waals surface area (Å²) in [5.74, 6) is 0.668. The van der Waals surface area contributed by atoms with Crippen LogP contribution in [0.25, 0.3) is 17.1 Å². The van der Waals surface area contributed by atoms with Crippen molar-refractivity contribution < 1.29 is 27.7 Å². The Morgan fingerprint density at radius 2 is 1.82 bits per heavy atom. The van der Waals surface area contributed by atoms with E-state index in [9.17, 15) is 13.5 Å². The number of imidazole rings is 1. The molecule has 1 aliphatic rings. The van der Waals surface area contributed by atoms with Gasteiger partial charge in [0.25, 0.3) is 0 Å². The molecule has 3 heterocycles. The number of aromatic nitrogens is 5. The Morgan fingerprint density at radius 3 is 2.49 bits per heavy atom. The van der Waals surface area contributed by atoms with Crippen molar-refractivity contribution in [1.29, 1.82) is 0 Å². The van der Waals surface area contributed by atoms with Gasteiger partial charge in [0.2, 0.25) is 15.9 Å². The number of rotatable bonds is 8. The smallest absolute Gasteiger partial charge is 0.220 e. The van der Waals surface area contributed by atoms with E-state index in [0.29, 0.717) is 46.8 Å². The quantitative estimate of drug-likeness (QED) is 0.330. The van der Waals surface area contributed by atoms with Crippen LogP contribution in [-0.4, -0.2) is 65.0 Å². The van der Waals surface area contributed by atoms with Crippen LogP contribution in [-0.2, 0) is 14.8 Å². The maximum atomic E-state index is 13.6. The minimum Gasteiger partial charge on any atom is -0.496 e. The Morgan fingerprint density at radius 1 is 1.10 bits per heavy atom. The van der Waals surface area contributed by atoms with Crippen LogP contribution in [0.3, 0.4) is 0 Å². The Kier molecular flexibility index (Phi) is 7.14. The van der Waals surface area contributed by atoms with Crippen molar-refractivity contribution in [2.45, 2.75) is 43.0 Å². The minimum absolute atomic E-state index is 0.0192. The second-order valence-corrected chi connectivity index (χ2v) is 11.1. The second kappa shape index (κ2) is 10.4. The Balaban J connectivity index is 1.74. The highest BCUT2D eigenvalue weighted by molar-refractivity contribution is 7.90. The lowest BCUT2D eigenvalue weighted by molar-refractivity contribution is 0.0979. The summed E-state index contributed by atoms with van der Waals surface area (Å²) in [7, 11) is -1.42. The second-order valence-electron chi connectivity index (χ2n) is 9.28. The first-order valence-electron chi connectivity index (χ1n) is 12.5. The summed E-state index contributed by atoms with van der Waals surface area (Å²) in [6, 6.07) is 10.3. The molecule has 12 nitrogen and oxygen atoms in total. The lowest BCUT2D eigenvalue weighted by Crippen LogP contribution is -2.50. The summed E-state index contributed by atoms with van der Waals surface area (Å²) in [6.45, 7) is 2.32. The number of methoxy groups -OCH3 is 2. The summed E-state index contributed by atoms with van der Waals surface area (Å²) in [5.41, 5.74) is 1.32. The zero-order chi connectivity index (χ0) is 27.8. The molecule has 13 heteroatoms. The van der Waals surface area contributed by atoms with Gasteiger partial charge in [0.1, 0.15) is 28.4 Å². The molecule has 3 aromatic heterocycles. The lowest BCUT2D eigenvalue weighted by atomic mass is 9.71. The number of aliphatic hydroxyl groups excluding tert-OH is 1. The van der Waals surface area contributed by atoms with Crippen LogP contribution in [0.15, 0.2) is 48.9 Å². The first-order chi connectivity index (χ1) is 18.7. The summed E-state index contributed by atoms with van der Waals surface area (Å²) in [4.78, 5) is 18.2. The van der Waals surface area contributed by atoms with E-state index in [4.69, 9.17) is 24.3 Å². The van der Waals surface area contributed by atoms with Crippen molar-refractivity contribution in [3.8, 4) is 23.2 Å². The van der Waals surface area contributed by atoms with Crippen molar-refractivity contribution >= 4 is 21.3 Å². The van der Waals surface area contributed by atoms with Crippen molar-refractivity contribution in [3.05, 3.63) is 60.2 Å². The first-order valence-corrected chi connectivity index (χ1v) is 14.0. The van der Waals surface area contributed by atoms with E-state index < -0.39 is 26.8 Å². The number of sulfonamides is 1. The van der Waals surface area contributed by atoms with Crippen LogP contribution in [0.1, 0.15) is 43.4 Å². The standard InChI is InChI=1S/C26H30N6O6S/c1-4-38-22-10-6-9-21(31-22)32-15-29-24-25(32)30-18(14-28-24)17-13-16(33)11-12-26(17,39(27,34)35)23-19(36-2)7-5-8-20(23)37-3/h5-10,14-17,33H,4,11-13H2,1-3H3,(H2,27,34,35). The van der Waals surface area contributed by atoms with Gasteiger partial charge in [0.05, 0.1) is 44.4 Å². The predicted octanol–water partition coefficient (Wildman–Crippen LogP) is 2.44.